The Morgan fingerprint density at radius 1 is 1.35 bits per heavy atom. The topological polar surface area (TPSA) is 105 Å². The lowest BCUT2D eigenvalue weighted by Gasteiger charge is -2.18. The lowest BCUT2D eigenvalue weighted by atomic mass is 9.97. The average Bonchev–Trinajstić information content (AvgIpc) is 2.77. The van der Waals surface area contributed by atoms with Crippen molar-refractivity contribution in [3.05, 3.63) is 11.6 Å². The predicted molar refractivity (Wildman–Crippen MR) is 94.1 cm³/mol. The summed E-state index contributed by atoms with van der Waals surface area (Å²) in [4.78, 5) is 48.6. The first-order valence-electron chi connectivity index (χ1n) is 9.00. The number of rotatable bonds is 7. The summed E-state index contributed by atoms with van der Waals surface area (Å²) in [5, 5.41) is 5.22. The summed E-state index contributed by atoms with van der Waals surface area (Å²) in [6, 6.07) is -0.644. The van der Waals surface area contributed by atoms with Gasteiger partial charge in [-0.15, -0.1) is 0 Å². The quantitative estimate of drug-likeness (QED) is 0.401. The summed E-state index contributed by atoms with van der Waals surface area (Å²) in [5.74, 6) is -1.70. The smallest absolute Gasteiger partial charge is 0.327 e. The number of urea groups is 1. The number of nitrogens with one attached hydrogen (secondary N) is 2. The van der Waals surface area contributed by atoms with Gasteiger partial charge in [-0.3, -0.25) is 19.3 Å². The van der Waals surface area contributed by atoms with Crippen molar-refractivity contribution in [2.24, 2.45) is 0 Å². The zero-order valence-electron chi connectivity index (χ0n) is 15.6. The van der Waals surface area contributed by atoms with Gasteiger partial charge in [0.1, 0.15) is 12.1 Å². The molecule has 26 heavy (non-hydrogen) atoms. The highest BCUT2D eigenvalue weighted by Crippen LogP contribution is 2.19. The van der Waals surface area contributed by atoms with Crippen LogP contribution in [-0.2, 0) is 19.1 Å². The van der Waals surface area contributed by atoms with Crippen LogP contribution in [0.15, 0.2) is 11.6 Å². The van der Waals surface area contributed by atoms with Gasteiger partial charge in [0.15, 0.2) is 6.10 Å². The molecule has 1 saturated heterocycles. The molecule has 1 aliphatic heterocycles. The molecule has 2 aliphatic rings. The van der Waals surface area contributed by atoms with Crippen molar-refractivity contribution < 1.29 is 23.9 Å². The normalized spacial score (nSPS) is 20.3. The fraction of sp³-hybridized carbons (Fsp3) is 0.667. The largest absolute Gasteiger partial charge is 0.451 e. The van der Waals surface area contributed by atoms with Crippen molar-refractivity contribution in [3.8, 4) is 0 Å². The number of esters is 1. The van der Waals surface area contributed by atoms with Crippen molar-refractivity contribution in [1.82, 2.24) is 15.5 Å². The van der Waals surface area contributed by atoms with E-state index >= 15 is 0 Å². The van der Waals surface area contributed by atoms with Crippen LogP contribution in [-0.4, -0.2) is 53.4 Å². The summed E-state index contributed by atoms with van der Waals surface area (Å²) in [7, 11) is 0. The van der Waals surface area contributed by atoms with Gasteiger partial charge in [0.25, 0.3) is 11.8 Å². The number of carbonyl (C=O) groups excluding carboxylic acids is 4. The van der Waals surface area contributed by atoms with Gasteiger partial charge in [-0.1, -0.05) is 11.6 Å². The molecule has 2 N–H and O–H groups in total. The van der Waals surface area contributed by atoms with Crippen LogP contribution in [0.5, 0.6) is 0 Å². The molecule has 0 aromatic carbocycles. The van der Waals surface area contributed by atoms with Gasteiger partial charge in [-0.25, -0.2) is 4.79 Å². The van der Waals surface area contributed by atoms with Crippen LogP contribution in [0.3, 0.4) is 0 Å². The Labute approximate surface area is 153 Å². The molecule has 1 heterocycles. The molecular formula is C18H27N3O5. The van der Waals surface area contributed by atoms with Crippen molar-refractivity contribution in [2.45, 2.75) is 64.5 Å². The Hall–Kier alpha value is -2.38. The molecule has 0 radical (unpaired) electrons. The lowest BCUT2D eigenvalue weighted by Crippen LogP contribution is -2.42. The van der Waals surface area contributed by atoms with E-state index < -0.39 is 42.0 Å². The maximum Gasteiger partial charge on any atom is 0.327 e. The molecule has 0 aromatic rings. The molecule has 1 atom stereocenters. The highest BCUT2D eigenvalue weighted by Gasteiger charge is 2.45. The number of nitrogens with zero attached hydrogens (tertiary/aromatic N) is 1. The first kappa shape index (κ1) is 19.9. The van der Waals surface area contributed by atoms with E-state index in [1.165, 1.54) is 25.3 Å². The molecule has 0 spiro atoms. The Kier molecular flexibility index (Phi) is 6.39. The third-order valence-electron chi connectivity index (χ3n) is 4.54. The number of amides is 4. The Morgan fingerprint density at radius 2 is 2.08 bits per heavy atom. The molecule has 144 valence electrons. The number of ether oxygens (including phenoxy) is 1. The average molecular weight is 365 g/mol. The number of imide groups is 1. The standard InChI is InChI=1S/C18H27N3O5/c1-12(15(23)19-10-9-13-7-5-4-6-8-13)26-14(22)11-21-16(24)18(2,3)20-17(21)25/h7,12H,4-6,8-11H2,1-3H3,(H,19,23)(H,20,25)/t12-/m1/s1. The van der Waals surface area contributed by atoms with Crippen LogP contribution in [0.2, 0.25) is 0 Å². The van der Waals surface area contributed by atoms with Gasteiger partial charge in [-0.05, 0) is 52.9 Å². The van der Waals surface area contributed by atoms with E-state index in [1.807, 2.05) is 0 Å². The van der Waals surface area contributed by atoms with E-state index in [2.05, 4.69) is 16.7 Å². The van der Waals surface area contributed by atoms with Crippen molar-refractivity contribution >= 4 is 23.8 Å². The first-order valence-corrected chi connectivity index (χ1v) is 9.00. The predicted octanol–water partition coefficient (Wildman–Crippen LogP) is 1.26. The molecule has 8 nitrogen and oxygen atoms in total. The number of hydrogen-bond donors (Lipinski definition) is 2. The molecule has 0 bridgehead atoms. The highest BCUT2D eigenvalue weighted by atomic mass is 16.5. The van der Waals surface area contributed by atoms with Crippen LogP contribution in [0.25, 0.3) is 0 Å². The van der Waals surface area contributed by atoms with Crippen LogP contribution in [0.4, 0.5) is 4.79 Å². The zero-order valence-corrected chi connectivity index (χ0v) is 15.6. The number of hydrogen-bond acceptors (Lipinski definition) is 5. The fourth-order valence-electron chi connectivity index (χ4n) is 3.00. The maximum atomic E-state index is 12.0. The molecule has 0 unspecified atom stereocenters. The summed E-state index contributed by atoms with van der Waals surface area (Å²) in [6.45, 7) is 4.54. The molecule has 0 saturated carbocycles. The van der Waals surface area contributed by atoms with E-state index in [0.29, 0.717) is 6.54 Å². The molecule has 4 amide bonds. The Balaban J connectivity index is 1.74. The first-order chi connectivity index (χ1) is 12.2. The lowest BCUT2D eigenvalue weighted by molar-refractivity contribution is -0.156. The van der Waals surface area contributed by atoms with Crippen LogP contribution in [0, 0.1) is 0 Å². The van der Waals surface area contributed by atoms with E-state index in [4.69, 9.17) is 4.74 Å². The molecule has 1 fully saturated rings. The second-order valence-electron chi connectivity index (χ2n) is 7.23. The third kappa shape index (κ3) is 5.06. The van der Waals surface area contributed by atoms with E-state index in [-0.39, 0.29) is 0 Å². The third-order valence-corrected chi connectivity index (χ3v) is 4.54. The van der Waals surface area contributed by atoms with Crippen LogP contribution >= 0.6 is 0 Å². The summed E-state index contributed by atoms with van der Waals surface area (Å²) >= 11 is 0. The summed E-state index contributed by atoms with van der Waals surface area (Å²) in [6.07, 6.45) is 6.60. The molecule has 1 aliphatic carbocycles. The van der Waals surface area contributed by atoms with Gasteiger partial charge >= 0.3 is 12.0 Å². The van der Waals surface area contributed by atoms with E-state index in [9.17, 15) is 19.2 Å². The van der Waals surface area contributed by atoms with Gasteiger partial charge in [0, 0.05) is 6.54 Å². The molecule has 2 rings (SSSR count). The van der Waals surface area contributed by atoms with Crippen molar-refractivity contribution in [3.63, 3.8) is 0 Å². The van der Waals surface area contributed by atoms with Crippen LogP contribution < -0.4 is 10.6 Å². The van der Waals surface area contributed by atoms with Crippen LogP contribution in [0.1, 0.15) is 52.9 Å². The Morgan fingerprint density at radius 3 is 2.65 bits per heavy atom. The second-order valence-corrected chi connectivity index (χ2v) is 7.23. The van der Waals surface area contributed by atoms with Gasteiger partial charge in [0.2, 0.25) is 0 Å². The van der Waals surface area contributed by atoms with Crippen molar-refractivity contribution in [1.29, 1.82) is 0 Å². The highest BCUT2D eigenvalue weighted by molar-refractivity contribution is 6.08. The minimum Gasteiger partial charge on any atom is -0.451 e. The molecule has 8 heteroatoms. The zero-order chi connectivity index (χ0) is 19.3. The fourth-order valence-corrected chi connectivity index (χ4v) is 3.00. The Bertz CT molecular complexity index is 626. The number of allylic oxidation sites excluding steroid dienone is 1. The maximum absolute atomic E-state index is 12.0. The van der Waals surface area contributed by atoms with Gasteiger partial charge in [-0.2, -0.15) is 0 Å². The SMILES string of the molecule is C[C@@H](OC(=O)CN1C(=O)NC(C)(C)C1=O)C(=O)NCCC1=CCCCC1. The molecular weight excluding hydrogens is 338 g/mol. The summed E-state index contributed by atoms with van der Waals surface area (Å²) in [5.41, 5.74) is 0.302. The van der Waals surface area contributed by atoms with Gasteiger partial charge < -0.3 is 15.4 Å². The summed E-state index contributed by atoms with van der Waals surface area (Å²) < 4.78 is 5.04. The second kappa shape index (κ2) is 8.33. The minimum atomic E-state index is -1.05. The molecule has 0 aromatic heterocycles. The monoisotopic (exact) mass is 365 g/mol. The van der Waals surface area contributed by atoms with Crippen molar-refractivity contribution in [2.75, 3.05) is 13.1 Å². The van der Waals surface area contributed by atoms with E-state index in [0.717, 1.165) is 24.2 Å². The van der Waals surface area contributed by atoms with E-state index in [1.54, 1.807) is 13.8 Å². The van der Waals surface area contributed by atoms with Gasteiger partial charge in [0.05, 0.1) is 0 Å². The minimum absolute atomic E-state index is 0.396. The number of carbonyl (C=O) groups is 4.